The van der Waals surface area contributed by atoms with Crippen molar-refractivity contribution in [3.8, 4) is 0 Å². The molecule has 2 heteroatoms. The monoisotopic (exact) mass is 228 g/mol. The van der Waals surface area contributed by atoms with Gasteiger partial charge in [-0.15, -0.1) is 0 Å². The molecule has 0 saturated heterocycles. The van der Waals surface area contributed by atoms with Crippen LogP contribution >= 0.6 is 0 Å². The van der Waals surface area contributed by atoms with Crippen molar-refractivity contribution in [2.75, 3.05) is 0 Å². The summed E-state index contributed by atoms with van der Waals surface area (Å²) in [5.74, 6) is 0. The van der Waals surface area contributed by atoms with Gasteiger partial charge in [-0.2, -0.15) is 0 Å². The molecular weight excluding hydrogens is 211 g/mol. The summed E-state index contributed by atoms with van der Waals surface area (Å²) in [6.07, 6.45) is 4.34. The van der Waals surface area contributed by atoms with Crippen LogP contribution in [0.25, 0.3) is 0 Å². The Kier molecular flexibility index (Phi) is 1.56. The van der Waals surface area contributed by atoms with Gasteiger partial charge < -0.3 is 0 Å². The first-order valence-corrected chi connectivity index (χ1v) is 10.8. The van der Waals surface area contributed by atoms with Crippen molar-refractivity contribution in [1.82, 2.24) is 3.31 Å². The van der Waals surface area contributed by atoms with E-state index in [-0.39, 0.29) is 0 Å². The van der Waals surface area contributed by atoms with Gasteiger partial charge in [0.15, 0.2) is 0 Å². The SMILES string of the molecule is [CH3][Ru]([CH3])([CH3])([CH3])[n]1cccc1. The van der Waals surface area contributed by atoms with Crippen molar-refractivity contribution in [3.63, 3.8) is 0 Å². The summed E-state index contributed by atoms with van der Waals surface area (Å²) in [5, 5.41) is 0. The number of rotatable bonds is 1. The minimum absolute atomic E-state index is 2.01. The second-order valence-electron chi connectivity index (χ2n) is 3.77. The molecule has 0 aliphatic rings. The maximum absolute atomic E-state index is 2.39. The fourth-order valence-electron chi connectivity index (χ4n) is 0.731. The average Bonchev–Trinajstić information content (AvgIpc) is 2.04. The van der Waals surface area contributed by atoms with E-state index in [0.29, 0.717) is 0 Å². The molecule has 1 aromatic rings. The molecule has 10 heavy (non-hydrogen) atoms. The molecule has 0 fully saturated rings. The van der Waals surface area contributed by atoms with Crippen molar-refractivity contribution in [3.05, 3.63) is 24.5 Å². The molecule has 0 spiro atoms. The van der Waals surface area contributed by atoms with Gasteiger partial charge in [0.25, 0.3) is 0 Å². The summed E-state index contributed by atoms with van der Waals surface area (Å²) in [5.41, 5.74) is 9.54. The zero-order chi connectivity index (χ0) is 7.85. The molecule has 0 N–H and O–H groups in total. The zero-order valence-corrected chi connectivity index (χ0v) is 8.85. The molecule has 0 amide bonds. The zero-order valence-electron chi connectivity index (χ0n) is 7.11. The summed E-state index contributed by atoms with van der Waals surface area (Å²) >= 11 is -2.01. The predicted octanol–water partition coefficient (Wildman–Crippen LogP) is 3.13. The van der Waals surface area contributed by atoms with E-state index in [9.17, 15) is 0 Å². The number of hydrogen-bond acceptors (Lipinski definition) is 0. The van der Waals surface area contributed by atoms with Crippen molar-refractivity contribution in [2.45, 2.75) is 22.1 Å². The number of hydrogen-bond donors (Lipinski definition) is 0. The van der Waals surface area contributed by atoms with E-state index in [1.807, 2.05) is 0 Å². The molecule has 0 bridgehead atoms. The van der Waals surface area contributed by atoms with Crippen LogP contribution in [0.15, 0.2) is 24.5 Å². The molecule has 1 rings (SSSR count). The van der Waals surface area contributed by atoms with Gasteiger partial charge in [-0.1, -0.05) is 0 Å². The van der Waals surface area contributed by atoms with Crippen LogP contribution in [0.4, 0.5) is 0 Å². The van der Waals surface area contributed by atoms with Crippen LogP contribution in [0.2, 0.25) is 22.1 Å². The van der Waals surface area contributed by atoms with Gasteiger partial charge in [-0.05, 0) is 0 Å². The topological polar surface area (TPSA) is 4.93 Å². The van der Waals surface area contributed by atoms with E-state index in [4.69, 9.17) is 0 Å². The van der Waals surface area contributed by atoms with Crippen molar-refractivity contribution < 1.29 is 13.8 Å². The Morgan fingerprint density at radius 1 is 0.900 bits per heavy atom. The Labute approximate surface area is 64.1 Å². The maximum atomic E-state index is 2.39. The summed E-state index contributed by atoms with van der Waals surface area (Å²) in [4.78, 5) is 0. The summed E-state index contributed by atoms with van der Waals surface area (Å²) in [6.45, 7) is 0. The summed E-state index contributed by atoms with van der Waals surface area (Å²) in [7, 11) is 0. The van der Waals surface area contributed by atoms with E-state index >= 15 is 0 Å². The average molecular weight is 227 g/mol. The quantitative estimate of drug-likeness (QED) is 0.650. The molecular formula is C8H16NRu. The number of aromatic nitrogens is 1. The van der Waals surface area contributed by atoms with Crippen LogP contribution in [-0.2, 0) is 13.8 Å². The van der Waals surface area contributed by atoms with Crippen molar-refractivity contribution >= 4 is 0 Å². The molecule has 0 aliphatic heterocycles. The Hall–Kier alpha value is -0.0966. The first kappa shape index (κ1) is 8.00. The van der Waals surface area contributed by atoms with Gasteiger partial charge in [0.2, 0.25) is 0 Å². The molecule has 0 atom stereocenters. The van der Waals surface area contributed by atoms with E-state index in [0.717, 1.165) is 0 Å². The molecule has 0 saturated carbocycles. The third kappa shape index (κ3) is 1.70. The van der Waals surface area contributed by atoms with Crippen LogP contribution in [-0.4, -0.2) is 3.31 Å². The molecule has 0 radical (unpaired) electrons. The molecule has 61 valence electrons. The molecule has 0 unspecified atom stereocenters. The van der Waals surface area contributed by atoms with Gasteiger partial charge >= 0.3 is 63.7 Å². The fraction of sp³-hybridized carbons (Fsp3) is 0.500. The Morgan fingerprint density at radius 2 is 1.30 bits per heavy atom. The normalized spacial score (nSPS) is 16.2. The third-order valence-corrected chi connectivity index (χ3v) is 5.40. The second-order valence-corrected chi connectivity index (χ2v) is 18.2. The molecule has 1 nitrogen and oxygen atoms in total. The molecule has 0 aromatic carbocycles. The van der Waals surface area contributed by atoms with Gasteiger partial charge in [0, 0.05) is 0 Å². The fourth-order valence-corrected chi connectivity index (χ4v) is 3.10. The van der Waals surface area contributed by atoms with Crippen LogP contribution in [0.1, 0.15) is 0 Å². The van der Waals surface area contributed by atoms with Crippen molar-refractivity contribution in [1.29, 1.82) is 0 Å². The summed E-state index contributed by atoms with van der Waals surface area (Å²) < 4.78 is 2.39. The standard InChI is InChI=1S/C4H4N.4CH3.Ru/c1-2-4-5-3-1;;;;;/h1-4H;4*1H3;/q-1;;;;;+1. The van der Waals surface area contributed by atoms with E-state index in [1.165, 1.54) is 0 Å². The second kappa shape index (κ2) is 1.95. The van der Waals surface area contributed by atoms with Crippen LogP contribution in [0.3, 0.4) is 0 Å². The molecule has 1 aromatic heterocycles. The van der Waals surface area contributed by atoms with Crippen LogP contribution in [0, 0.1) is 0 Å². The van der Waals surface area contributed by atoms with Crippen LogP contribution < -0.4 is 0 Å². The first-order valence-electron chi connectivity index (χ1n) is 3.09. The molecule has 1 heterocycles. The Bertz CT molecular complexity index is 206. The minimum atomic E-state index is -2.01. The Morgan fingerprint density at radius 3 is 1.50 bits per heavy atom. The van der Waals surface area contributed by atoms with E-state index in [1.54, 1.807) is 0 Å². The van der Waals surface area contributed by atoms with E-state index < -0.39 is 13.8 Å². The number of nitrogens with zero attached hydrogens (tertiary/aromatic N) is 1. The van der Waals surface area contributed by atoms with Crippen molar-refractivity contribution in [2.24, 2.45) is 0 Å². The first-order chi connectivity index (χ1) is 4.36. The van der Waals surface area contributed by atoms with Crippen LogP contribution in [0.5, 0.6) is 0 Å². The molecule has 0 aliphatic carbocycles. The third-order valence-electron chi connectivity index (χ3n) is 1.29. The van der Waals surface area contributed by atoms with E-state index in [2.05, 4.69) is 49.9 Å². The Balaban J connectivity index is 3.09. The van der Waals surface area contributed by atoms with Gasteiger partial charge in [-0.25, -0.2) is 0 Å². The van der Waals surface area contributed by atoms with Gasteiger partial charge in [0.05, 0.1) is 0 Å². The van der Waals surface area contributed by atoms with Gasteiger partial charge in [0.1, 0.15) is 0 Å². The van der Waals surface area contributed by atoms with Gasteiger partial charge in [-0.3, -0.25) is 0 Å². The predicted molar refractivity (Wildman–Crippen MR) is 43.3 cm³/mol. The summed E-state index contributed by atoms with van der Waals surface area (Å²) in [6, 6.07) is 4.19.